The summed E-state index contributed by atoms with van der Waals surface area (Å²) in [5.41, 5.74) is 0. The molecule has 0 N–H and O–H groups in total. The predicted molar refractivity (Wildman–Crippen MR) is 130 cm³/mol. The Morgan fingerprint density at radius 2 is 1.45 bits per heavy atom. The summed E-state index contributed by atoms with van der Waals surface area (Å²) >= 11 is 0. The van der Waals surface area contributed by atoms with Crippen LogP contribution in [-0.4, -0.2) is 46.3 Å². The molecule has 0 aliphatic rings. The Morgan fingerprint density at radius 3 is 2.00 bits per heavy atom. The number of benzene rings is 1. The van der Waals surface area contributed by atoms with Crippen LogP contribution in [0.1, 0.15) is 6.42 Å². The van der Waals surface area contributed by atoms with E-state index in [4.69, 9.17) is 17.1 Å². The quantitative estimate of drug-likeness (QED) is 0.189. The fraction of sp³-hybridized carbons (Fsp3) is 0.550. The number of ether oxygens (including phenoxy) is 1. The molecule has 0 aliphatic carbocycles. The second kappa shape index (κ2) is 10.5. The van der Waals surface area contributed by atoms with E-state index in [1.165, 1.54) is 11.3 Å². The summed E-state index contributed by atoms with van der Waals surface area (Å²) in [6, 6.07) is 11.3. The van der Waals surface area contributed by atoms with Crippen LogP contribution in [-0.2, 0) is 21.9 Å². The number of esters is 1. The van der Waals surface area contributed by atoms with Crippen LogP contribution in [0.2, 0.25) is 58.4 Å². The normalized spacial score (nSPS) is 13.2. The Hall–Kier alpha value is -0.822. The summed E-state index contributed by atoms with van der Waals surface area (Å²) in [6.45, 7) is 21.1. The van der Waals surface area contributed by atoms with Gasteiger partial charge in [-0.25, -0.2) is 4.79 Å². The molecular weight excluding hydrogens is 433 g/mol. The minimum absolute atomic E-state index is 0.376. The molecule has 5 nitrogen and oxygen atoms in total. The lowest BCUT2D eigenvalue weighted by Crippen LogP contribution is -2.59. The van der Waals surface area contributed by atoms with Crippen LogP contribution < -0.4 is 5.19 Å². The lowest BCUT2D eigenvalue weighted by molar-refractivity contribution is -0.137. The first-order valence-electron chi connectivity index (χ1n) is 10.1. The minimum Gasteiger partial charge on any atom is -0.463 e. The summed E-state index contributed by atoms with van der Waals surface area (Å²) in [5, 5.41) is 1.27. The average Bonchev–Trinajstić information content (AvgIpc) is 2.56. The second-order valence-electron chi connectivity index (χ2n) is 9.22. The van der Waals surface area contributed by atoms with Gasteiger partial charge in [-0.05, 0) is 70.0 Å². The maximum absolute atomic E-state index is 11.2. The highest BCUT2D eigenvalue weighted by Gasteiger charge is 2.43. The van der Waals surface area contributed by atoms with Crippen molar-refractivity contribution >= 4 is 44.9 Å². The fourth-order valence-electron chi connectivity index (χ4n) is 3.59. The van der Waals surface area contributed by atoms with Gasteiger partial charge in [-0.2, -0.15) is 0 Å². The van der Waals surface area contributed by atoms with E-state index in [1.807, 2.05) is 6.07 Å². The molecule has 0 radical (unpaired) electrons. The van der Waals surface area contributed by atoms with Gasteiger partial charge >= 0.3 is 23.1 Å². The zero-order valence-electron chi connectivity index (χ0n) is 19.3. The zero-order chi connectivity index (χ0) is 22.3. The maximum atomic E-state index is 11.2. The minimum atomic E-state index is -2.37. The molecule has 0 amide bonds. The fourth-order valence-corrected chi connectivity index (χ4v) is 22.5. The van der Waals surface area contributed by atoms with E-state index >= 15 is 0 Å². The largest absolute Gasteiger partial charge is 0.463 e. The third-order valence-electron chi connectivity index (χ3n) is 4.32. The van der Waals surface area contributed by atoms with Crippen molar-refractivity contribution in [1.29, 1.82) is 0 Å². The van der Waals surface area contributed by atoms with Gasteiger partial charge in [0, 0.05) is 6.08 Å². The molecule has 29 heavy (non-hydrogen) atoms. The van der Waals surface area contributed by atoms with Gasteiger partial charge < -0.3 is 17.1 Å². The highest BCUT2D eigenvalue weighted by Crippen LogP contribution is 2.26. The first-order valence-corrected chi connectivity index (χ1v) is 21.8. The molecule has 1 aromatic rings. The van der Waals surface area contributed by atoms with E-state index in [0.717, 1.165) is 12.5 Å². The monoisotopic (exact) mass is 470 g/mol. The molecule has 0 atom stereocenters. The first-order chi connectivity index (χ1) is 13.2. The van der Waals surface area contributed by atoms with Crippen LogP contribution in [0.3, 0.4) is 0 Å². The van der Waals surface area contributed by atoms with Crippen molar-refractivity contribution in [3.63, 3.8) is 0 Å². The summed E-state index contributed by atoms with van der Waals surface area (Å²) in [7, 11) is -8.74. The predicted octanol–water partition coefficient (Wildman–Crippen LogP) is 4.88. The lowest BCUT2D eigenvalue weighted by Gasteiger charge is -2.41. The van der Waals surface area contributed by atoms with Crippen molar-refractivity contribution in [2.24, 2.45) is 0 Å². The van der Waals surface area contributed by atoms with Crippen molar-refractivity contribution in [3.8, 4) is 0 Å². The van der Waals surface area contributed by atoms with Gasteiger partial charge in [0.25, 0.3) is 0 Å². The molecule has 9 heteroatoms. The molecule has 0 fully saturated rings. The Bertz CT molecular complexity index is 675. The van der Waals surface area contributed by atoms with Crippen molar-refractivity contribution in [2.75, 3.05) is 6.61 Å². The van der Waals surface area contributed by atoms with Crippen LogP contribution in [0.25, 0.3) is 0 Å². The van der Waals surface area contributed by atoms with E-state index in [-0.39, 0.29) is 5.97 Å². The highest BCUT2D eigenvalue weighted by molar-refractivity contribution is 6.93. The number of carbonyl (C=O) groups excluding carboxylic acids is 1. The second-order valence-corrected chi connectivity index (χ2v) is 24.9. The van der Waals surface area contributed by atoms with E-state index in [9.17, 15) is 4.79 Å². The van der Waals surface area contributed by atoms with Gasteiger partial charge in [-0.15, -0.1) is 0 Å². The third kappa shape index (κ3) is 10.2. The van der Waals surface area contributed by atoms with Gasteiger partial charge in [0.2, 0.25) is 8.32 Å². The molecule has 0 saturated carbocycles. The molecular formula is C20H38O5Si4. The number of hydrogen-bond donors (Lipinski definition) is 0. The Morgan fingerprint density at radius 1 is 0.897 bits per heavy atom. The Kier molecular flexibility index (Phi) is 9.46. The summed E-state index contributed by atoms with van der Waals surface area (Å²) in [6.07, 6.45) is 1.98. The van der Waals surface area contributed by atoms with Crippen molar-refractivity contribution in [3.05, 3.63) is 43.0 Å². The molecule has 164 valence electrons. The van der Waals surface area contributed by atoms with Crippen LogP contribution in [0.15, 0.2) is 43.0 Å². The Balaban J connectivity index is 2.66. The van der Waals surface area contributed by atoms with Crippen LogP contribution in [0.4, 0.5) is 0 Å². The third-order valence-corrected chi connectivity index (χ3v) is 19.7. The van der Waals surface area contributed by atoms with Crippen molar-refractivity contribution in [1.82, 2.24) is 0 Å². The van der Waals surface area contributed by atoms with E-state index in [0.29, 0.717) is 6.61 Å². The van der Waals surface area contributed by atoms with Gasteiger partial charge in [-0.3, -0.25) is 0 Å². The number of rotatable bonds is 12. The molecule has 1 aromatic carbocycles. The molecule has 0 aliphatic heterocycles. The summed E-state index contributed by atoms with van der Waals surface area (Å²) in [5.74, 6) is -0.376. The van der Waals surface area contributed by atoms with Crippen molar-refractivity contribution in [2.45, 2.75) is 64.8 Å². The topological polar surface area (TPSA) is 54.0 Å². The van der Waals surface area contributed by atoms with E-state index in [2.05, 4.69) is 83.2 Å². The van der Waals surface area contributed by atoms with Crippen LogP contribution in [0, 0.1) is 0 Å². The molecule has 0 heterocycles. The molecule has 0 unspecified atom stereocenters. The van der Waals surface area contributed by atoms with Gasteiger partial charge in [0.05, 0.1) is 6.61 Å². The molecule has 1 rings (SSSR count). The van der Waals surface area contributed by atoms with Crippen LogP contribution >= 0.6 is 0 Å². The molecule has 0 bridgehead atoms. The summed E-state index contributed by atoms with van der Waals surface area (Å²) in [4.78, 5) is 11.2. The zero-order valence-corrected chi connectivity index (χ0v) is 23.3. The van der Waals surface area contributed by atoms with Gasteiger partial charge in [0.1, 0.15) is 0 Å². The first kappa shape index (κ1) is 26.2. The van der Waals surface area contributed by atoms with E-state index in [1.54, 1.807) is 0 Å². The average molecular weight is 471 g/mol. The molecule has 0 saturated heterocycles. The lowest BCUT2D eigenvalue weighted by atomic mass is 10.4. The maximum Gasteiger partial charge on any atom is 0.330 e. The highest BCUT2D eigenvalue weighted by atomic mass is 28.5. The standard InChI is InChI=1S/C20H38O5Si4/c1-10-20(21)22-17-14-18-26(2,3)23-28(6,7)25-29(8,9)24-27(4,5)19-15-12-11-13-16-19/h10-13,15-16H,1,14,17-18H2,2-9H3. The molecule has 0 spiro atoms. The SMILES string of the molecule is C=CC(=O)OCCC[Si](C)(C)O[Si](C)(C)O[Si](C)(C)O[Si](C)(C)c1ccccc1. The van der Waals surface area contributed by atoms with Crippen molar-refractivity contribution < 1.29 is 21.9 Å². The summed E-state index contributed by atoms with van der Waals surface area (Å²) < 4.78 is 24.9. The number of carbonyl (C=O) groups is 1. The number of hydrogen-bond acceptors (Lipinski definition) is 5. The molecule has 0 aromatic heterocycles. The Labute approximate surface area is 181 Å². The van der Waals surface area contributed by atoms with Crippen LogP contribution in [0.5, 0.6) is 0 Å². The van der Waals surface area contributed by atoms with E-state index < -0.39 is 33.8 Å². The smallest absolute Gasteiger partial charge is 0.330 e. The van der Waals surface area contributed by atoms with Gasteiger partial charge in [0.15, 0.2) is 8.32 Å². The van der Waals surface area contributed by atoms with Gasteiger partial charge in [-0.1, -0.05) is 36.9 Å².